The number of nitrogens with zero attached hydrogens (tertiary/aromatic N) is 4. The maximum Gasteiger partial charge on any atom is 0.360 e. The molecular formula is C24H21F5N4O3. The topological polar surface area (TPSA) is 75.6 Å². The minimum Gasteiger partial charge on any atom is -0.461 e. The van der Waals surface area contributed by atoms with Gasteiger partial charge < -0.3 is 14.5 Å². The Morgan fingerprint density at radius 3 is 1.86 bits per heavy atom. The first kappa shape index (κ1) is 25.3. The van der Waals surface area contributed by atoms with Gasteiger partial charge in [0, 0.05) is 26.2 Å². The largest absolute Gasteiger partial charge is 0.461 e. The molecular weight excluding hydrogens is 487 g/mol. The van der Waals surface area contributed by atoms with Crippen LogP contribution in [0.3, 0.4) is 0 Å². The van der Waals surface area contributed by atoms with Crippen molar-refractivity contribution in [1.82, 2.24) is 14.9 Å². The van der Waals surface area contributed by atoms with Gasteiger partial charge in [-0.1, -0.05) is 0 Å². The lowest BCUT2D eigenvalue weighted by molar-refractivity contribution is 0.0519. The molecule has 0 radical (unpaired) electrons. The van der Waals surface area contributed by atoms with Gasteiger partial charge in [-0.2, -0.15) is 0 Å². The fourth-order valence-corrected chi connectivity index (χ4v) is 3.93. The molecule has 190 valence electrons. The average Bonchev–Trinajstić information content (AvgIpc) is 2.86. The molecule has 0 atom stereocenters. The van der Waals surface area contributed by atoms with Crippen molar-refractivity contribution in [1.29, 1.82) is 0 Å². The number of rotatable bonds is 4. The van der Waals surface area contributed by atoms with Crippen molar-refractivity contribution in [3.63, 3.8) is 0 Å². The monoisotopic (exact) mass is 508 g/mol. The number of aryl methyl sites for hydroxylation is 2. The number of anilines is 1. The van der Waals surface area contributed by atoms with E-state index >= 15 is 0 Å². The second kappa shape index (κ2) is 9.67. The number of amides is 1. The van der Waals surface area contributed by atoms with Gasteiger partial charge in [0.15, 0.2) is 34.8 Å². The lowest BCUT2D eigenvalue weighted by Gasteiger charge is -2.36. The number of hydrogen-bond acceptors (Lipinski definition) is 6. The van der Waals surface area contributed by atoms with Crippen LogP contribution in [0, 0.1) is 42.9 Å². The van der Waals surface area contributed by atoms with Crippen LogP contribution in [0.25, 0.3) is 11.0 Å². The first-order chi connectivity index (χ1) is 17.0. The highest BCUT2D eigenvalue weighted by Gasteiger charge is 2.34. The normalized spacial score (nSPS) is 13.9. The smallest absolute Gasteiger partial charge is 0.360 e. The summed E-state index contributed by atoms with van der Waals surface area (Å²) >= 11 is 0. The lowest BCUT2D eigenvalue weighted by Crippen LogP contribution is -2.50. The Balaban J connectivity index is 1.64. The third-order valence-electron chi connectivity index (χ3n) is 6.02. The van der Waals surface area contributed by atoms with Crippen LogP contribution in [-0.4, -0.2) is 59.5 Å². The van der Waals surface area contributed by atoms with E-state index in [1.807, 2.05) is 19.9 Å². The molecule has 4 rings (SSSR count). The Morgan fingerprint density at radius 1 is 0.833 bits per heavy atom. The summed E-state index contributed by atoms with van der Waals surface area (Å²) in [5, 5.41) is 0. The van der Waals surface area contributed by atoms with Crippen LogP contribution in [-0.2, 0) is 4.74 Å². The molecule has 2 aromatic carbocycles. The van der Waals surface area contributed by atoms with Crippen molar-refractivity contribution in [3.05, 3.63) is 63.6 Å². The van der Waals surface area contributed by atoms with Gasteiger partial charge in [-0.3, -0.25) is 4.79 Å². The highest BCUT2D eigenvalue weighted by atomic mass is 19.2. The molecule has 0 aliphatic carbocycles. The predicted molar refractivity (Wildman–Crippen MR) is 119 cm³/mol. The first-order valence-corrected chi connectivity index (χ1v) is 11.1. The number of ether oxygens (including phenoxy) is 1. The van der Waals surface area contributed by atoms with Crippen LogP contribution in [0.15, 0.2) is 12.1 Å². The molecule has 1 aromatic heterocycles. The zero-order valence-corrected chi connectivity index (χ0v) is 19.6. The van der Waals surface area contributed by atoms with Crippen molar-refractivity contribution in [2.24, 2.45) is 0 Å². The van der Waals surface area contributed by atoms with E-state index in [-0.39, 0.29) is 44.3 Å². The average molecular weight is 508 g/mol. The molecule has 0 N–H and O–H groups in total. The van der Waals surface area contributed by atoms with Crippen molar-refractivity contribution in [3.8, 4) is 0 Å². The third-order valence-corrected chi connectivity index (χ3v) is 6.02. The molecule has 0 bridgehead atoms. The molecule has 0 saturated carbocycles. The summed E-state index contributed by atoms with van der Waals surface area (Å²) in [6.45, 7) is 5.39. The molecule has 12 heteroatoms. The molecule has 0 spiro atoms. The Morgan fingerprint density at radius 2 is 1.33 bits per heavy atom. The van der Waals surface area contributed by atoms with Gasteiger partial charge in [-0.15, -0.1) is 0 Å². The standard InChI is InChI=1S/C24H21F5N4O3/c1-4-36-24(35)21-22(31-14-10-12(3)11(2)9-13(14)30-21)32-5-7-33(8-6-32)23(34)15-16(25)18(27)20(29)19(28)17(15)26/h9-10H,4-8H2,1-3H3. The molecule has 1 aliphatic rings. The van der Waals surface area contributed by atoms with Crippen molar-refractivity contribution >= 4 is 28.7 Å². The van der Waals surface area contributed by atoms with Gasteiger partial charge in [-0.25, -0.2) is 36.7 Å². The summed E-state index contributed by atoms with van der Waals surface area (Å²) in [6.07, 6.45) is 0. The summed E-state index contributed by atoms with van der Waals surface area (Å²) in [5.41, 5.74) is 1.39. The van der Waals surface area contributed by atoms with E-state index in [0.29, 0.717) is 11.0 Å². The Hall–Kier alpha value is -3.83. The predicted octanol–water partition coefficient (Wildman–Crippen LogP) is 4.08. The maximum absolute atomic E-state index is 14.1. The van der Waals surface area contributed by atoms with E-state index in [0.717, 1.165) is 16.0 Å². The van der Waals surface area contributed by atoms with Crippen molar-refractivity contribution in [2.45, 2.75) is 20.8 Å². The van der Waals surface area contributed by atoms with E-state index in [1.165, 1.54) is 0 Å². The molecule has 0 unspecified atom stereocenters. The van der Waals surface area contributed by atoms with Crippen LogP contribution in [0.5, 0.6) is 0 Å². The summed E-state index contributed by atoms with van der Waals surface area (Å²) < 4.78 is 73.9. The summed E-state index contributed by atoms with van der Waals surface area (Å²) in [4.78, 5) is 37.0. The fourth-order valence-electron chi connectivity index (χ4n) is 3.93. The second-order valence-corrected chi connectivity index (χ2v) is 8.27. The minimum absolute atomic E-state index is 0.0351. The molecule has 36 heavy (non-hydrogen) atoms. The first-order valence-electron chi connectivity index (χ1n) is 11.1. The summed E-state index contributed by atoms with van der Waals surface area (Å²) in [6, 6.07) is 3.61. The van der Waals surface area contributed by atoms with E-state index in [1.54, 1.807) is 17.9 Å². The zero-order valence-electron chi connectivity index (χ0n) is 19.6. The molecule has 7 nitrogen and oxygen atoms in total. The highest BCUT2D eigenvalue weighted by molar-refractivity contribution is 5.96. The molecule has 1 fully saturated rings. The third kappa shape index (κ3) is 4.31. The van der Waals surface area contributed by atoms with Crippen molar-refractivity contribution < 1.29 is 36.3 Å². The molecule has 1 saturated heterocycles. The number of hydrogen-bond donors (Lipinski definition) is 0. The zero-order chi connectivity index (χ0) is 26.3. The number of piperazine rings is 1. The van der Waals surface area contributed by atoms with Crippen LogP contribution in [0.1, 0.15) is 38.9 Å². The van der Waals surface area contributed by atoms with Gasteiger partial charge in [0.2, 0.25) is 5.82 Å². The van der Waals surface area contributed by atoms with Crippen LogP contribution in [0.4, 0.5) is 27.8 Å². The van der Waals surface area contributed by atoms with Crippen LogP contribution in [0.2, 0.25) is 0 Å². The van der Waals surface area contributed by atoms with E-state index in [9.17, 15) is 31.5 Å². The molecule has 3 aromatic rings. The van der Waals surface area contributed by atoms with E-state index in [2.05, 4.69) is 9.97 Å². The van der Waals surface area contributed by atoms with Gasteiger partial charge in [0.1, 0.15) is 5.56 Å². The number of aromatic nitrogens is 2. The van der Waals surface area contributed by atoms with Gasteiger partial charge in [0.05, 0.1) is 17.6 Å². The number of carbonyl (C=O) groups is 2. The Kier molecular flexibility index (Phi) is 6.79. The SMILES string of the molecule is CCOC(=O)c1nc2cc(C)c(C)cc2nc1N1CCN(C(=O)c2c(F)c(F)c(F)c(F)c2F)CC1. The molecule has 1 aliphatic heterocycles. The molecule has 1 amide bonds. The second-order valence-electron chi connectivity index (χ2n) is 8.27. The minimum atomic E-state index is -2.34. The van der Waals surface area contributed by atoms with Crippen LogP contribution >= 0.6 is 0 Å². The number of benzene rings is 2. The Bertz CT molecular complexity index is 1360. The summed E-state index contributed by atoms with van der Waals surface area (Å²) in [5.74, 6) is -12.9. The lowest BCUT2D eigenvalue weighted by atomic mass is 10.1. The molecule has 2 heterocycles. The summed E-state index contributed by atoms with van der Waals surface area (Å²) in [7, 11) is 0. The Labute approximate surface area is 202 Å². The van der Waals surface area contributed by atoms with E-state index < -0.39 is 46.5 Å². The number of fused-ring (bicyclic) bond motifs is 1. The maximum atomic E-state index is 14.1. The van der Waals surface area contributed by atoms with Crippen molar-refractivity contribution in [2.75, 3.05) is 37.7 Å². The van der Waals surface area contributed by atoms with Gasteiger partial charge in [0.25, 0.3) is 5.91 Å². The van der Waals surface area contributed by atoms with Crippen LogP contribution < -0.4 is 4.90 Å². The highest BCUT2D eigenvalue weighted by Crippen LogP contribution is 2.27. The number of esters is 1. The fraction of sp³-hybridized carbons (Fsp3) is 0.333. The number of carbonyl (C=O) groups excluding carboxylic acids is 2. The van der Waals surface area contributed by atoms with E-state index in [4.69, 9.17) is 4.74 Å². The quantitative estimate of drug-likeness (QED) is 0.229. The van der Waals surface area contributed by atoms with Gasteiger partial charge in [-0.05, 0) is 44.0 Å². The van der Waals surface area contributed by atoms with Gasteiger partial charge >= 0.3 is 5.97 Å². The number of halogens is 5.